The molecule has 6 nitrogen and oxygen atoms in total. The summed E-state index contributed by atoms with van der Waals surface area (Å²) in [5.41, 5.74) is 1.22. The van der Waals surface area contributed by atoms with Crippen molar-refractivity contribution < 1.29 is 18.2 Å². The third kappa shape index (κ3) is 5.34. The Balaban J connectivity index is 1.87. The SMILES string of the molecule is CC[S@@](=O)CCC(=O)Nc1ccc(NC(=O)c2ccc(C)o2)cc1. The zero-order chi connectivity index (χ0) is 17.5. The first-order valence-electron chi connectivity index (χ1n) is 7.60. The lowest BCUT2D eigenvalue weighted by molar-refractivity contribution is -0.115. The smallest absolute Gasteiger partial charge is 0.291 e. The molecule has 0 radical (unpaired) electrons. The number of amides is 2. The summed E-state index contributed by atoms with van der Waals surface area (Å²) >= 11 is 0. The largest absolute Gasteiger partial charge is 0.456 e. The number of anilines is 2. The topological polar surface area (TPSA) is 88.4 Å². The number of furan rings is 1. The molecule has 0 fully saturated rings. The second kappa shape index (κ2) is 8.44. The quantitative estimate of drug-likeness (QED) is 0.805. The van der Waals surface area contributed by atoms with Gasteiger partial charge in [-0.3, -0.25) is 13.8 Å². The number of carbonyl (C=O) groups excluding carboxylic acids is 2. The molecule has 0 aliphatic rings. The van der Waals surface area contributed by atoms with Gasteiger partial charge in [0, 0.05) is 40.1 Å². The summed E-state index contributed by atoms with van der Waals surface area (Å²) < 4.78 is 16.6. The van der Waals surface area contributed by atoms with E-state index in [0.717, 1.165) is 0 Å². The molecule has 0 saturated carbocycles. The first kappa shape index (κ1) is 17.9. The van der Waals surface area contributed by atoms with Crippen LogP contribution in [0.15, 0.2) is 40.8 Å². The van der Waals surface area contributed by atoms with Gasteiger partial charge in [-0.15, -0.1) is 0 Å². The fourth-order valence-corrected chi connectivity index (χ4v) is 2.66. The van der Waals surface area contributed by atoms with Crippen molar-refractivity contribution in [3.8, 4) is 0 Å². The Kier molecular flexibility index (Phi) is 6.31. The Morgan fingerprint density at radius 2 is 1.67 bits per heavy atom. The highest BCUT2D eigenvalue weighted by Crippen LogP contribution is 2.15. The van der Waals surface area contributed by atoms with Gasteiger partial charge in [0.15, 0.2) is 5.76 Å². The maximum atomic E-state index is 12.0. The highest BCUT2D eigenvalue weighted by Gasteiger charge is 2.10. The molecule has 0 aliphatic heterocycles. The number of nitrogens with one attached hydrogen (secondary N) is 2. The van der Waals surface area contributed by atoms with Crippen molar-refractivity contribution in [3.05, 3.63) is 47.9 Å². The van der Waals surface area contributed by atoms with Gasteiger partial charge >= 0.3 is 0 Å². The number of aryl methyl sites for hydroxylation is 1. The highest BCUT2D eigenvalue weighted by molar-refractivity contribution is 7.84. The first-order chi connectivity index (χ1) is 11.5. The predicted molar refractivity (Wildman–Crippen MR) is 94.6 cm³/mol. The molecule has 0 saturated heterocycles. The average molecular weight is 348 g/mol. The molecule has 1 aromatic carbocycles. The Hall–Kier alpha value is -2.41. The van der Waals surface area contributed by atoms with Crippen LogP contribution in [0.5, 0.6) is 0 Å². The minimum absolute atomic E-state index is 0.181. The Morgan fingerprint density at radius 1 is 1.04 bits per heavy atom. The van der Waals surface area contributed by atoms with E-state index >= 15 is 0 Å². The van der Waals surface area contributed by atoms with Crippen molar-refractivity contribution in [1.29, 1.82) is 0 Å². The van der Waals surface area contributed by atoms with E-state index in [9.17, 15) is 13.8 Å². The van der Waals surface area contributed by atoms with E-state index in [4.69, 9.17) is 4.42 Å². The van der Waals surface area contributed by atoms with E-state index in [0.29, 0.717) is 28.6 Å². The summed E-state index contributed by atoms with van der Waals surface area (Å²) in [4.78, 5) is 23.7. The van der Waals surface area contributed by atoms with Crippen LogP contribution in [0.4, 0.5) is 11.4 Å². The van der Waals surface area contributed by atoms with Crippen LogP contribution in [0.2, 0.25) is 0 Å². The molecule has 1 atom stereocenters. The molecule has 1 heterocycles. The van der Waals surface area contributed by atoms with E-state index in [1.165, 1.54) is 0 Å². The van der Waals surface area contributed by atoms with Gasteiger partial charge in [-0.25, -0.2) is 0 Å². The molecule has 0 spiro atoms. The van der Waals surface area contributed by atoms with Gasteiger partial charge in [-0.05, 0) is 43.3 Å². The minimum Gasteiger partial charge on any atom is -0.456 e. The third-order valence-corrected chi connectivity index (χ3v) is 4.57. The molecule has 2 N–H and O–H groups in total. The second-order valence-corrected chi connectivity index (χ2v) is 7.04. The van der Waals surface area contributed by atoms with E-state index in [1.807, 2.05) is 6.92 Å². The summed E-state index contributed by atoms with van der Waals surface area (Å²) in [7, 11) is -0.950. The zero-order valence-corrected chi connectivity index (χ0v) is 14.4. The molecule has 0 bridgehead atoms. The molecular weight excluding hydrogens is 328 g/mol. The monoisotopic (exact) mass is 348 g/mol. The normalized spacial score (nSPS) is 11.8. The molecule has 0 aliphatic carbocycles. The number of benzene rings is 1. The van der Waals surface area contributed by atoms with E-state index in [2.05, 4.69) is 10.6 Å². The van der Waals surface area contributed by atoms with Crippen LogP contribution in [-0.4, -0.2) is 27.5 Å². The summed E-state index contributed by atoms with van der Waals surface area (Å²) in [6.07, 6.45) is 0.219. The molecular formula is C17H20N2O4S. The van der Waals surface area contributed by atoms with Crippen LogP contribution in [0.3, 0.4) is 0 Å². The van der Waals surface area contributed by atoms with Crippen LogP contribution < -0.4 is 10.6 Å². The lowest BCUT2D eigenvalue weighted by Crippen LogP contribution is -2.15. The Labute approximate surface area is 143 Å². The van der Waals surface area contributed by atoms with Crippen LogP contribution in [0, 0.1) is 6.92 Å². The molecule has 24 heavy (non-hydrogen) atoms. The van der Waals surface area contributed by atoms with Gasteiger partial charge < -0.3 is 15.1 Å². The summed E-state index contributed by atoms with van der Waals surface area (Å²) in [6, 6.07) is 10.1. The molecule has 7 heteroatoms. The molecule has 2 aromatic rings. The van der Waals surface area contributed by atoms with E-state index in [-0.39, 0.29) is 24.0 Å². The van der Waals surface area contributed by atoms with Gasteiger partial charge in [0.1, 0.15) is 5.76 Å². The molecule has 128 valence electrons. The van der Waals surface area contributed by atoms with Crippen LogP contribution in [-0.2, 0) is 15.6 Å². The summed E-state index contributed by atoms with van der Waals surface area (Å²) in [5, 5.41) is 5.45. The first-order valence-corrected chi connectivity index (χ1v) is 9.09. The number of rotatable bonds is 7. The molecule has 0 unspecified atom stereocenters. The standard InChI is InChI=1S/C17H20N2O4S/c1-3-24(22)11-10-16(20)18-13-5-7-14(8-6-13)19-17(21)15-9-4-12(2)23-15/h4-9H,3,10-11H2,1-2H3,(H,18,20)(H,19,21)/t24-/m1/s1. The minimum atomic E-state index is -0.950. The second-order valence-electron chi connectivity index (χ2n) is 5.17. The van der Waals surface area contributed by atoms with Crippen molar-refractivity contribution >= 4 is 34.0 Å². The van der Waals surface area contributed by atoms with Crippen molar-refractivity contribution in [2.45, 2.75) is 20.3 Å². The van der Waals surface area contributed by atoms with Crippen LogP contribution >= 0.6 is 0 Å². The van der Waals surface area contributed by atoms with Crippen LogP contribution in [0.1, 0.15) is 29.7 Å². The predicted octanol–water partition coefficient (Wildman–Crippen LogP) is 2.94. The number of hydrogen-bond acceptors (Lipinski definition) is 4. The van der Waals surface area contributed by atoms with E-state index in [1.54, 1.807) is 43.3 Å². The Bertz CT molecular complexity index is 737. The molecule has 1 aromatic heterocycles. The van der Waals surface area contributed by atoms with Crippen molar-refractivity contribution in [2.24, 2.45) is 0 Å². The molecule has 2 rings (SSSR count). The maximum absolute atomic E-state index is 12.0. The van der Waals surface area contributed by atoms with Crippen molar-refractivity contribution in [2.75, 3.05) is 22.1 Å². The summed E-state index contributed by atoms with van der Waals surface area (Å²) in [5.74, 6) is 1.31. The van der Waals surface area contributed by atoms with Crippen molar-refractivity contribution in [3.63, 3.8) is 0 Å². The maximum Gasteiger partial charge on any atom is 0.291 e. The molecule has 2 amide bonds. The van der Waals surface area contributed by atoms with Gasteiger partial charge in [-0.1, -0.05) is 6.92 Å². The van der Waals surface area contributed by atoms with Crippen molar-refractivity contribution in [1.82, 2.24) is 0 Å². The lowest BCUT2D eigenvalue weighted by atomic mass is 10.2. The zero-order valence-electron chi connectivity index (χ0n) is 13.6. The van der Waals surface area contributed by atoms with Crippen LogP contribution in [0.25, 0.3) is 0 Å². The van der Waals surface area contributed by atoms with Gasteiger partial charge in [0.25, 0.3) is 5.91 Å². The Morgan fingerprint density at radius 3 is 2.21 bits per heavy atom. The fourth-order valence-electron chi connectivity index (χ4n) is 1.96. The van der Waals surface area contributed by atoms with Gasteiger partial charge in [0.2, 0.25) is 5.91 Å². The third-order valence-electron chi connectivity index (χ3n) is 3.27. The number of hydrogen-bond donors (Lipinski definition) is 2. The highest BCUT2D eigenvalue weighted by atomic mass is 32.2. The number of carbonyl (C=O) groups is 2. The lowest BCUT2D eigenvalue weighted by Gasteiger charge is -2.07. The summed E-state index contributed by atoms with van der Waals surface area (Å²) in [6.45, 7) is 3.59. The van der Waals surface area contributed by atoms with Gasteiger partial charge in [0.05, 0.1) is 0 Å². The fraction of sp³-hybridized carbons (Fsp3) is 0.294. The van der Waals surface area contributed by atoms with E-state index < -0.39 is 10.8 Å². The average Bonchev–Trinajstić information content (AvgIpc) is 3.01. The van der Waals surface area contributed by atoms with Gasteiger partial charge in [-0.2, -0.15) is 0 Å².